The predicted molar refractivity (Wildman–Crippen MR) is 59.4 cm³/mol. The molecule has 0 amide bonds. The van der Waals surface area contributed by atoms with Gasteiger partial charge in [0, 0.05) is 13.2 Å². The van der Waals surface area contributed by atoms with Gasteiger partial charge in [0.15, 0.2) is 0 Å². The molecule has 0 radical (unpaired) electrons. The molecule has 15 heavy (non-hydrogen) atoms. The van der Waals surface area contributed by atoms with Crippen LogP contribution in [0.3, 0.4) is 0 Å². The van der Waals surface area contributed by atoms with E-state index in [9.17, 15) is 5.26 Å². The average Bonchev–Trinajstić information content (AvgIpc) is 2.42. The monoisotopic (exact) mass is 211 g/mol. The van der Waals surface area contributed by atoms with E-state index in [1.807, 2.05) is 0 Å². The van der Waals surface area contributed by atoms with Gasteiger partial charge >= 0.3 is 0 Å². The van der Waals surface area contributed by atoms with E-state index >= 15 is 0 Å². The Bertz CT molecular complexity index is 226. The molecule has 0 bridgehead atoms. The fraction of sp³-hybridized carbons (Fsp3) is 0.909. The van der Waals surface area contributed by atoms with Crippen LogP contribution >= 0.6 is 0 Å². The van der Waals surface area contributed by atoms with Gasteiger partial charge in [-0.2, -0.15) is 5.26 Å². The highest BCUT2D eigenvalue weighted by Crippen LogP contribution is 2.21. The average molecular weight is 211 g/mol. The van der Waals surface area contributed by atoms with Crippen LogP contribution in [0, 0.1) is 11.3 Å². The molecular formula is C11H21N3O. The van der Waals surface area contributed by atoms with Crippen LogP contribution in [0.15, 0.2) is 0 Å². The van der Waals surface area contributed by atoms with E-state index in [1.165, 1.54) is 0 Å². The maximum atomic E-state index is 9.26. The summed E-state index contributed by atoms with van der Waals surface area (Å²) in [6, 6.07) is 2.42. The number of nitrogens with one attached hydrogen (secondary N) is 1. The molecular weight excluding hydrogens is 190 g/mol. The van der Waals surface area contributed by atoms with Crippen LogP contribution in [-0.4, -0.2) is 48.8 Å². The molecule has 1 aliphatic rings. The number of nitriles is 1. The first-order chi connectivity index (χ1) is 7.22. The van der Waals surface area contributed by atoms with Crippen LogP contribution in [-0.2, 0) is 0 Å². The predicted octanol–water partition coefficient (Wildman–Crippen LogP) is 0.336. The molecule has 0 aliphatic carbocycles. The van der Waals surface area contributed by atoms with Crippen LogP contribution < -0.4 is 5.32 Å². The first kappa shape index (κ1) is 12.4. The van der Waals surface area contributed by atoms with Gasteiger partial charge in [0.25, 0.3) is 0 Å². The topological polar surface area (TPSA) is 59.3 Å². The second kappa shape index (κ2) is 6.06. The van der Waals surface area contributed by atoms with Gasteiger partial charge in [0.05, 0.1) is 6.07 Å². The molecule has 4 heteroatoms. The lowest BCUT2D eigenvalue weighted by Gasteiger charge is -2.26. The summed E-state index contributed by atoms with van der Waals surface area (Å²) < 4.78 is 0. The molecule has 1 fully saturated rings. The van der Waals surface area contributed by atoms with Crippen molar-refractivity contribution in [3.8, 4) is 6.07 Å². The largest absolute Gasteiger partial charge is 0.396 e. The Balaban J connectivity index is 2.47. The van der Waals surface area contributed by atoms with E-state index in [4.69, 9.17) is 5.11 Å². The zero-order valence-electron chi connectivity index (χ0n) is 9.50. The molecule has 1 saturated heterocycles. The molecule has 0 aromatic rings. The molecule has 1 heterocycles. The SMILES string of the molecule is CN1CCCC(C#N)(NCCCO)CC1. The highest BCUT2D eigenvalue weighted by molar-refractivity contribution is 5.08. The third kappa shape index (κ3) is 3.78. The lowest BCUT2D eigenvalue weighted by atomic mass is 9.92. The summed E-state index contributed by atoms with van der Waals surface area (Å²) in [6.07, 6.45) is 3.58. The molecule has 0 saturated carbocycles. The first-order valence-electron chi connectivity index (χ1n) is 5.68. The molecule has 4 nitrogen and oxygen atoms in total. The van der Waals surface area contributed by atoms with Gasteiger partial charge in [-0.3, -0.25) is 5.32 Å². The van der Waals surface area contributed by atoms with Crippen LogP contribution in [0.25, 0.3) is 0 Å². The van der Waals surface area contributed by atoms with E-state index in [1.54, 1.807) is 0 Å². The molecule has 86 valence electrons. The zero-order chi connectivity index (χ0) is 11.1. The van der Waals surface area contributed by atoms with E-state index in [2.05, 4.69) is 23.3 Å². The number of nitrogens with zero attached hydrogens (tertiary/aromatic N) is 2. The van der Waals surface area contributed by atoms with Crippen molar-refractivity contribution in [2.24, 2.45) is 0 Å². The van der Waals surface area contributed by atoms with Crippen molar-refractivity contribution in [3.63, 3.8) is 0 Å². The van der Waals surface area contributed by atoms with Gasteiger partial charge in [-0.05, 0) is 45.8 Å². The molecule has 1 rings (SSSR count). The summed E-state index contributed by atoms with van der Waals surface area (Å²) in [5.74, 6) is 0. The van der Waals surface area contributed by atoms with Crippen LogP contribution in [0.4, 0.5) is 0 Å². The van der Waals surface area contributed by atoms with E-state index in [0.29, 0.717) is 0 Å². The lowest BCUT2D eigenvalue weighted by Crippen LogP contribution is -2.45. The summed E-state index contributed by atoms with van der Waals surface area (Å²) in [7, 11) is 2.10. The Kier molecular flexibility index (Phi) is 5.03. The maximum Gasteiger partial charge on any atom is 0.108 e. The Hall–Kier alpha value is -0.630. The molecule has 0 aromatic carbocycles. The van der Waals surface area contributed by atoms with Gasteiger partial charge < -0.3 is 10.0 Å². The fourth-order valence-electron chi connectivity index (χ4n) is 2.00. The Morgan fingerprint density at radius 3 is 2.93 bits per heavy atom. The highest BCUT2D eigenvalue weighted by atomic mass is 16.3. The summed E-state index contributed by atoms with van der Waals surface area (Å²) in [4.78, 5) is 2.27. The van der Waals surface area contributed by atoms with Gasteiger partial charge in [-0.25, -0.2) is 0 Å². The number of likely N-dealkylation sites (tertiary alicyclic amines) is 1. The Morgan fingerprint density at radius 2 is 2.27 bits per heavy atom. The molecule has 1 aliphatic heterocycles. The third-order valence-corrected chi connectivity index (χ3v) is 3.08. The summed E-state index contributed by atoms with van der Waals surface area (Å²) in [6.45, 7) is 2.97. The minimum atomic E-state index is -0.361. The van der Waals surface area contributed by atoms with Crippen molar-refractivity contribution in [2.75, 3.05) is 33.3 Å². The minimum Gasteiger partial charge on any atom is -0.396 e. The number of rotatable bonds is 4. The molecule has 2 N–H and O–H groups in total. The number of hydrogen-bond donors (Lipinski definition) is 2. The molecule has 1 unspecified atom stereocenters. The molecule has 0 spiro atoms. The second-order valence-corrected chi connectivity index (χ2v) is 4.35. The van der Waals surface area contributed by atoms with E-state index in [0.717, 1.165) is 45.3 Å². The number of aliphatic hydroxyl groups is 1. The second-order valence-electron chi connectivity index (χ2n) is 4.35. The van der Waals surface area contributed by atoms with Crippen molar-refractivity contribution in [3.05, 3.63) is 0 Å². The smallest absolute Gasteiger partial charge is 0.108 e. The van der Waals surface area contributed by atoms with Crippen molar-refractivity contribution in [1.29, 1.82) is 5.26 Å². The van der Waals surface area contributed by atoms with E-state index in [-0.39, 0.29) is 12.1 Å². The van der Waals surface area contributed by atoms with Crippen molar-refractivity contribution in [2.45, 2.75) is 31.2 Å². The van der Waals surface area contributed by atoms with E-state index < -0.39 is 0 Å². The van der Waals surface area contributed by atoms with Gasteiger partial charge in [-0.1, -0.05) is 0 Å². The van der Waals surface area contributed by atoms with Crippen molar-refractivity contribution in [1.82, 2.24) is 10.2 Å². The molecule has 0 aromatic heterocycles. The fourth-order valence-corrected chi connectivity index (χ4v) is 2.00. The quantitative estimate of drug-likeness (QED) is 0.658. The van der Waals surface area contributed by atoms with Crippen molar-refractivity contribution >= 4 is 0 Å². The zero-order valence-corrected chi connectivity index (χ0v) is 9.50. The Labute approximate surface area is 91.9 Å². The van der Waals surface area contributed by atoms with Gasteiger partial charge in [0.2, 0.25) is 0 Å². The van der Waals surface area contributed by atoms with Crippen LogP contribution in [0.1, 0.15) is 25.7 Å². The lowest BCUT2D eigenvalue weighted by molar-refractivity contribution is 0.272. The summed E-state index contributed by atoms with van der Waals surface area (Å²) >= 11 is 0. The highest BCUT2D eigenvalue weighted by Gasteiger charge is 2.30. The Morgan fingerprint density at radius 1 is 1.47 bits per heavy atom. The first-order valence-corrected chi connectivity index (χ1v) is 5.68. The standard InChI is InChI=1S/C11H21N3O/c1-14-7-2-4-11(10-12,5-8-14)13-6-3-9-15/h13,15H,2-9H2,1H3. The number of hydrogen-bond acceptors (Lipinski definition) is 4. The summed E-state index contributed by atoms with van der Waals surface area (Å²) in [5, 5.41) is 21.3. The van der Waals surface area contributed by atoms with Crippen LogP contribution in [0.2, 0.25) is 0 Å². The van der Waals surface area contributed by atoms with Crippen LogP contribution in [0.5, 0.6) is 0 Å². The maximum absolute atomic E-state index is 9.26. The van der Waals surface area contributed by atoms with Gasteiger partial charge in [0.1, 0.15) is 5.54 Å². The normalized spacial score (nSPS) is 28.3. The third-order valence-electron chi connectivity index (χ3n) is 3.08. The van der Waals surface area contributed by atoms with Crippen molar-refractivity contribution < 1.29 is 5.11 Å². The molecule has 1 atom stereocenters. The number of aliphatic hydroxyl groups excluding tert-OH is 1. The summed E-state index contributed by atoms with van der Waals surface area (Å²) in [5.41, 5.74) is -0.361. The van der Waals surface area contributed by atoms with Gasteiger partial charge in [-0.15, -0.1) is 0 Å². The minimum absolute atomic E-state index is 0.189.